The molecule has 4 N–H and O–H groups in total. The van der Waals surface area contributed by atoms with Gasteiger partial charge in [0.2, 0.25) is 0 Å². The molecule has 2 rings (SSSR count). The van der Waals surface area contributed by atoms with E-state index in [1.54, 1.807) is 20.1 Å². The normalized spacial score (nSPS) is 26.5. The van der Waals surface area contributed by atoms with E-state index in [4.69, 9.17) is 19.9 Å². The first-order valence-electron chi connectivity index (χ1n) is 13.2. The highest BCUT2D eigenvalue weighted by molar-refractivity contribution is 6.04. The molecule has 0 saturated carbocycles. The Morgan fingerprint density at radius 1 is 1.11 bits per heavy atom. The van der Waals surface area contributed by atoms with Gasteiger partial charge in [0.25, 0.3) is 5.91 Å². The number of hydrogen-bond acceptors (Lipinski definition) is 6. The fourth-order valence-electron chi connectivity index (χ4n) is 4.52. The number of anilines is 1. The number of benzene rings is 1. The van der Waals surface area contributed by atoms with Crippen LogP contribution in [0.25, 0.3) is 0 Å². The van der Waals surface area contributed by atoms with Crippen LogP contribution in [0.1, 0.15) is 72.3 Å². The molecule has 9 heteroatoms. The monoisotopic (exact) mass is 536 g/mol. The summed E-state index contributed by atoms with van der Waals surface area (Å²) >= 11 is 0. The van der Waals surface area contributed by atoms with E-state index in [-0.39, 0.29) is 23.5 Å². The standard InChI is InChI=1S/C27H39FN2O6.C2H6/c1-16-12-19-14-20(28)15-22(24(19)31)30-26(32)18(3)9-7-11-23(35-5)25(36-27(29)33)17(2)8-6-10-21(13-16)34-4;1-2/h8-9,14-16,21,23,25,31H,6-7,10-13H2,1-5H3,(H2,29,33)(H,30,32);1-2H3/b17-8+,18-9+;/t16-,21?,23?,25?;/m1./s1. The van der Waals surface area contributed by atoms with Gasteiger partial charge in [-0.25, -0.2) is 9.18 Å². The molecule has 214 valence electrons. The Labute approximate surface area is 226 Å². The van der Waals surface area contributed by atoms with Gasteiger partial charge in [-0.1, -0.05) is 32.9 Å². The van der Waals surface area contributed by atoms with Gasteiger partial charge in [0.05, 0.1) is 17.9 Å². The number of carbonyl (C=O) groups is 2. The molecular weight excluding hydrogens is 491 g/mol. The molecule has 1 aromatic rings. The lowest BCUT2D eigenvalue weighted by Crippen LogP contribution is -2.35. The van der Waals surface area contributed by atoms with Crippen LogP contribution in [0.5, 0.6) is 5.75 Å². The number of methoxy groups -OCH3 is 2. The third-order valence-corrected chi connectivity index (χ3v) is 6.52. The molecule has 38 heavy (non-hydrogen) atoms. The predicted molar refractivity (Wildman–Crippen MR) is 148 cm³/mol. The Kier molecular flexibility index (Phi) is 14.7. The lowest BCUT2D eigenvalue weighted by molar-refractivity contribution is -0.112. The molecule has 0 aromatic heterocycles. The first-order chi connectivity index (χ1) is 18.0. The zero-order valence-corrected chi connectivity index (χ0v) is 23.8. The number of fused-ring (bicyclic) bond motifs is 2. The van der Waals surface area contributed by atoms with E-state index in [2.05, 4.69) is 5.32 Å². The van der Waals surface area contributed by atoms with Gasteiger partial charge in [-0.15, -0.1) is 0 Å². The molecule has 2 bridgehead atoms. The van der Waals surface area contributed by atoms with Gasteiger partial charge in [-0.3, -0.25) is 4.79 Å². The number of phenols is 1. The van der Waals surface area contributed by atoms with Crippen molar-refractivity contribution in [3.63, 3.8) is 0 Å². The number of carbonyl (C=O) groups excluding carboxylic acids is 2. The van der Waals surface area contributed by atoms with Crippen molar-refractivity contribution in [1.29, 1.82) is 0 Å². The van der Waals surface area contributed by atoms with Gasteiger partial charge < -0.3 is 30.4 Å². The number of primary amides is 1. The lowest BCUT2D eigenvalue weighted by Gasteiger charge is -2.26. The van der Waals surface area contributed by atoms with Gasteiger partial charge in [-0.2, -0.15) is 0 Å². The molecule has 1 aliphatic heterocycles. The van der Waals surface area contributed by atoms with Crippen LogP contribution in [-0.4, -0.2) is 49.6 Å². The van der Waals surface area contributed by atoms with E-state index >= 15 is 0 Å². The number of halogens is 1. The van der Waals surface area contributed by atoms with E-state index in [9.17, 15) is 19.1 Å². The number of ether oxygens (including phenoxy) is 3. The molecule has 0 radical (unpaired) electrons. The van der Waals surface area contributed by atoms with Crippen LogP contribution in [0.2, 0.25) is 0 Å². The van der Waals surface area contributed by atoms with Gasteiger partial charge >= 0.3 is 6.09 Å². The average molecular weight is 537 g/mol. The summed E-state index contributed by atoms with van der Waals surface area (Å²) in [5, 5.41) is 13.3. The summed E-state index contributed by atoms with van der Waals surface area (Å²) in [6.07, 6.45) is 5.02. The van der Waals surface area contributed by atoms with Gasteiger partial charge in [-0.05, 0) is 75.5 Å². The van der Waals surface area contributed by atoms with Crippen LogP contribution in [0.15, 0.2) is 35.4 Å². The van der Waals surface area contributed by atoms with Crippen molar-refractivity contribution in [2.75, 3.05) is 19.5 Å². The summed E-state index contributed by atoms with van der Waals surface area (Å²) in [5.74, 6) is -1.06. The quantitative estimate of drug-likeness (QED) is 0.321. The number of rotatable bonds is 3. The van der Waals surface area contributed by atoms with Gasteiger partial charge in [0, 0.05) is 25.9 Å². The molecule has 1 heterocycles. The number of aromatic hydroxyl groups is 1. The molecule has 0 saturated heterocycles. The maximum absolute atomic E-state index is 14.3. The lowest BCUT2D eigenvalue weighted by atomic mass is 9.92. The molecule has 1 aliphatic rings. The maximum Gasteiger partial charge on any atom is 0.405 e. The zero-order chi connectivity index (χ0) is 28.8. The van der Waals surface area contributed by atoms with E-state index < -0.39 is 30.0 Å². The fourth-order valence-corrected chi connectivity index (χ4v) is 4.52. The van der Waals surface area contributed by atoms with Crippen LogP contribution in [0.4, 0.5) is 14.9 Å². The number of nitrogens with one attached hydrogen (secondary N) is 1. The predicted octanol–water partition coefficient (Wildman–Crippen LogP) is 6.03. The van der Waals surface area contributed by atoms with Gasteiger partial charge in [0.15, 0.2) is 6.10 Å². The summed E-state index contributed by atoms with van der Waals surface area (Å²) in [7, 11) is 3.17. The molecule has 3 unspecified atom stereocenters. The van der Waals surface area contributed by atoms with Crippen LogP contribution in [-0.2, 0) is 25.4 Å². The topological polar surface area (TPSA) is 120 Å². The van der Waals surface area contributed by atoms with Crippen molar-refractivity contribution >= 4 is 17.7 Å². The molecule has 4 atom stereocenters. The Morgan fingerprint density at radius 3 is 2.37 bits per heavy atom. The summed E-state index contributed by atoms with van der Waals surface area (Å²) in [6.45, 7) is 9.50. The summed E-state index contributed by atoms with van der Waals surface area (Å²) in [6, 6.07) is 2.40. The highest BCUT2D eigenvalue weighted by Crippen LogP contribution is 2.32. The molecule has 8 nitrogen and oxygen atoms in total. The Balaban J connectivity index is 0.00000352. The second kappa shape index (κ2) is 16.8. The number of nitrogens with two attached hydrogens (primary N) is 1. The van der Waals surface area contributed by atoms with Crippen molar-refractivity contribution < 1.29 is 33.3 Å². The van der Waals surface area contributed by atoms with Crippen molar-refractivity contribution in [1.82, 2.24) is 0 Å². The number of phenolic OH excluding ortho intramolecular Hbond substituents is 1. The molecular formula is C29H45FN2O6. The first kappa shape index (κ1) is 33.1. The molecule has 0 aliphatic carbocycles. The maximum atomic E-state index is 14.3. The Morgan fingerprint density at radius 2 is 1.76 bits per heavy atom. The SMILES string of the molecule is CC.COC1CC/C=C(\C)C(OC(N)=O)C(OC)CC/C=C(\C)C(=O)Nc2cc(F)cc(c2O)C[C@@H](C)C1. The van der Waals surface area contributed by atoms with E-state index in [0.717, 1.165) is 18.1 Å². The minimum Gasteiger partial charge on any atom is -0.505 e. The third-order valence-electron chi connectivity index (χ3n) is 6.52. The number of amides is 2. The van der Waals surface area contributed by atoms with Crippen molar-refractivity contribution in [2.45, 2.75) is 91.5 Å². The van der Waals surface area contributed by atoms with E-state index in [1.807, 2.05) is 33.8 Å². The summed E-state index contributed by atoms with van der Waals surface area (Å²) in [5.41, 5.74) is 6.99. The zero-order valence-electron chi connectivity index (χ0n) is 23.8. The molecule has 0 spiro atoms. The second-order valence-corrected chi connectivity index (χ2v) is 9.44. The number of allylic oxidation sites excluding steroid dienone is 2. The third kappa shape index (κ3) is 10.5. The van der Waals surface area contributed by atoms with E-state index in [0.29, 0.717) is 43.2 Å². The summed E-state index contributed by atoms with van der Waals surface area (Å²) in [4.78, 5) is 24.3. The van der Waals surface area contributed by atoms with E-state index in [1.165, 1.54) is 13.2 Å². The van der Waals surface area contributed by atoms with Crippen LogP contribution in [0.3, 0.4) is 0 Å². The van der Waals surface area contributed by atoms with Crippen molar-refractivity contribution in [3.05, 3.63) is 46.8 Å². The van der Waals surface area contributed by atoms with Crippen molar-refractivity contribution in [3.8, 4) is 5.75 Å². The Hall–Kier alpha value is -2.91. The fraction of sp³-hybridized carbons (Fsp3) is 0.586. The summed E-state index contributed by atoms with van der Waals surface area (Å²) < 4.78 is 31.0. The Bertz CT molecular complexity index is 978. The minimum absolute atomic E-state index is 0.0284. The van der Waals surface area contributed by atoms with Gasteiger partial charge in [0.1, 0.15) is 11.6 Å². The second-order valence-electron chi connectivity index (χ2n) is 9.44. The first-order valence-corrected chi connectivity index (χ1v) is 13.2. The molecule has 0 fully saturated rings. The molecule has 1 aromatic carbocycles. The van der Waals surface area contributed by atoms with Crippen LogP contribution >= 0.6 is 0 Å². The van der Waals surface area contributed by atoms with Crippen molar-refractivity contribution in [2.24, 2.45) is 11.7 Å². The minimum atomic E-state index is -0.892. The molecule has 2 amide bonds. The highest BCUT2D eigenvalue weighted by atomic mass is 19.1. The smallest absolute Gasteiger partial charge is 0.405 e. The number of hydrogen-bond donors (Lipinski definition) is 3. The van der Waals surface area contributed by atoms with Crippen LogP contribution in [0, 0.1) is 11.7 Å². The largest absolute Gasteiger partial charge is 0.505 e. The average Bonchev–Trinajstić information content (AvgIpc) is 2.87. The van der Waals surface area contributed by atoms with Crippen LogP contribution < -0.4 is 11.1 Å². The highest BCUT2D eigenvalue weighted by Gasteiger charge is 2.26.